The number of hydrogen-bond donors (Lipinski definition) is 1. The molecule has 0 amide bonds. The van der Waals surface area contributed by atoms with E-state index in [1.807, 2.05) is 0 Å². The Morgan fingerprint density at radius 3 is 2.75 bits per heavy atom. The highest BCUT2D eigenvalue weighted by Gasteiger charge is 2.38. The van der Waals surface area contributed by atoms with Crippen LogP contribution in [0.5, 0.6) is 0 Å². The number of carbonyl (C=O) groups is 1. The van der Waals surface area contributed by atoms with E-state index in [-0.39, 0.29) is 5.76 Å². The molecular formula is C9H14O3. The van der Waals surface area contributed by atoms with Crippen LogP contribution in [0.4, 0.5) is 0 Å². The van der Waals surface area contributed by atoms with Crippen molar-refractivity contribution in [2.24, 2.45) is 0 Å². The number of unbranched alkanes of at least 4 members (excludes halogenated alkanes) is 1. The summed E-state index contributed by atoms with van der Waals surface area (Å²) in [5, 5.41) is 9.36. The summed E-state index contributed by atoms with van der Waals surface area (Å²) in [6, 6.07) is 0. The number of aliphatic hydroxyl groups excluding tert-OH is 1. The smallest absolute Gasteiger partial charge is 0.335 e. The van der Waals surface area contributed by atoms with Crippen LogP contribution in [0.25, 0.3) is 0 Å². The molecule has 0 bridgehead atoms. The zero-order valence-corrected chi connectivity index (χ0v) is 7.46. The van der Waals surface area contributed by atoms with Gasteiger partial charge in [-0.3, -0.25) is 0 Å². The summed E-state index contributed by atoms with van der Waals surface area (Å²) in [5.74, 6) is -0.382. The average Bonchev–Trinajstić information content (AvgIpc) is 2.23. The summed E-state index contributed by atoms with van der Waals surface area (Å²) >= 11 is 0. The van der Waals surface area contributed by atoms with Gasteiger partial charge in [-0.2, -0.15) is 0 Å². The maximum atomic E-state index is 10.8. The molecule has 0 saturated heterocycles. The molecule has 1 N–H and O–H groups in total. The molecule has 0 aromatic rings. The number of esters is 1. The minimum atomic E-state index is -0.757. The summed E-state index contributed by atoms with van der Waals surface area (Å²) in [6.45, 7) is 3.79. The van der Waals surface area contributed by atoms with Gasteiger partial charge in [-0.05, 0) is 19.8 Å². The average molecular weight is 170 g/mol. The van der Waals surface area contributed by atoms with Crippen molar-refractivity contribution in [3.05, 3.63) is 11.8 Å². The van der Waals surface area contributed by atoms with Gasteiger partial charge in [0.25, 0.3) is 0 Å². The largest absolute Gasteiger partial charge is 0.508 e. The summed E-state index contributed by atoms with van der Waals surface area (Å²) in [5.41, 5.74) is -0.757. The summed E-state index contributed by atoms with van der Waals surface area (Å²) in [6.07, 6.45) is 3.81. The predicted octanol–water partition coefficient (Wildman–Crippen LogP) is 1.93. The Balaban J connectivity index is 2.61. The van der Waals surface area contributed by atoms with Crippen LogP contribution in [-0.4, -0.2) is 16.7 Å². The van der Waals surface area contributed by atoms with Crippen LogP contribution >= 0.6 is 0 Å². The lowest BCUT2D eigenvalue weighted by atomic mass is 9.98. The Hall–Kier alpha value is -0.990. The molecule has 1 heterocycles. The van der Waals surface area contributed by atoms with Crippen molar-refractivity contribution < 1.29 is 14.6 Å². The van der Waals surface area contributed by atoms with Crippen LogP contribution in [0.3, 0.4) is 0 Å². The van der Waals surface area contributed by atoms with E-state index in [2.05, 4.69) is 6.92 Å². The molecule has 0 unspecified atom stereocenters. The third kappa shape index (κ3) is 1.60. The maximum absolute atomic E-state index is 10.8. The van der Waals surface area contributed by atoms with Crippen molar-refractivity contribution in [2.45, 2.75) is 38.7 Å². The van der Waals surface area contributed by atoms with Crippen molar-refractivity contribution in [3.63, 3.8) is 0 Å². The van der Waals surface area contributed by atoms with Crippen LogP contribution in [0.2, 0.25) is 0 Å². The van der Waals surface area contributed by atoms with E-state index < -0.39 is 11.6 Å². The fourth-order valence-electron chi connectivity index (χ4n) is 1.26. The van der Waals surface area contributed by atoms with Gasteiger partial charge in [-0.1, -0.05) is 13.3 Å². The number of carbonyl (C=O) groups excluding carboxylic acids is 1. The van der Waals surface area contributed by atoms with Gasteiger partial charge in [0.1, 0.15) is 5.76 Å². The summed E-state index contributed by atoms with van der Waals surface area (Å²) < 4.78 is 4.98. The highest BCUT2D eigenvalue weighted by Crippen LogP contribution is 2.30. The number of ether oxygens (including phenoxy) is 1. The number of cyclic esters (lactones) is 1. The highest BCUT2D eigenvalue weighted by molar-refractivity contribution is 5.85. The first-order valence-electron chi connectivity index (χ1n) is 4.22. The molecule has 0 aliphatic carbocycles. The fraction of sp³-hybridized carbons (Fsp3) is 0.667. The standard InChI is InChI=1S/C9H14O3/c1-3-4-5-9(2)7(10)6-8(11)12-9/h6,10H,3-5H2,1-2H3/t9-/m0/s1. The molecule has 0 aromatic carbocycles. The van der Waals surface area contributed by atoms with E-state index in [0.29, 0.717) is 6.42 Å². The first-order chi connectivity index (χ1) is 5.58. The molecule has 3 nitrogen and oxygen atoms in total. The van der Waals surface area contributed by atoms with Gasteiger partial charge < -0.3 is 9.84 Å². The van der Waals surface area contributed by atoms with Gasteiger partial charge in [0.05, 0.1) is 6.08 Å². The molecule has 1 rings (SSSR count). The van der Waals surface area contributed by atoms with E-state index >= 15 is 0 Å². The monoisotopic (exact) mass is 170 g/mol. The van der Waals surface area contributed by atoms with E-state index in [1.165, 1.54) is 0 Å². The lowest BCUT2D eigenvalue weighted by Gasteiger charge is -2.22. The molecular weight excluding hydrogens is 156 g/mol. The van der Waals surface area contributed by atoms with Crippen LogP contribution < -0.4 is 0 Å². The summed E-state index contributed by atoms with van der Waals surface area (Å²) in [4.78, 5) is 10.8. The lowest BCUT2D eigenvalue weighted by molar-refractivity contribution is -0.146. The molecule has 68 valence electrons. The molecule has 12 heavy (non-hydrogen) atoms. The molecule has 1 atom stereocenters. The quantitative estimate of drug-likeness (QED) is 0.658. The highest BCUT2D eigenvalue weighted by atomic mass is 16.6. The Morgan fingerprint density at radius 2 is 2.33 bits per heavy atom. The Kier molecular flexibility index (Phi) is 2.40. The number of hydrogen-bond acceptors (Lipinski definition) is 3. The topological polar surface area (TPSA) is 46.5 Å². The minimum Gasteiger partial charge on any atom is -0.508 e. The van der Waals surface area contributed by atoms with Crippen LogP contribution in [0.15, 0.2) is 11.8 Å². The van der Waals surface area contributed by atoms with Crippen LogP contribution in [-0.2, 0) is 9.53 Å². The third-order valence-electron chi connectivity index (χ3n) is 2.13. The molecule has 0 saturated carbocycles. The predicted molar refractivity (Wildman–Crippen MR) is 44.7 cm³/mol. The second-order valence-corrected chi connectivity index (χ2v) is 3.29. The van der Waals surface area contributed by atoms with Crippen molar-refractivity contribution >= 4 is 5.97 Å². The van der Waals surface area contributed by atoms with Gasteiger partial charge in [-0.25, -0.2) is 4.79 Å². The first-order valence-corrected chi connectivity index (χ1v) is 4.22. The molecule has 0 fully saturated rings. The normalized spacial score (nSPS) is 28.5. The van der Waals surface area contributed by atoms with E-state index in [1.54, 1.807) is 6.92 Å². The molecule has 1 aliphatic rings. The second kappa shape index (κ2) is 3.17. The molecule has 0 spiro atoms. The first kappa shape index (κ1) is 9.10. The molecule has 1 aliphatic heterocycles. The van der Waals surface area contributed by atoms with Crippen LogP contribution in [0.1, 0.15) is 33.1 Å². The van der Waals surface area contributed by atoms with E-state index in [9.17, 15) is 9.90 Å². The third-order valence-corrected chi connectivity index (χ3v) is 2.13. The van der Waals surface area contributed by atoms with Crippen molar-refractivity contribution in [3.8, 4) is 0 Å². The zero-order valence-electron chi connectivity index (χ0n) is 7.46. The Bertz CT molecular complexity index is 220. The van der Waals surface area contributed by atoms with E-state index in [4.69, 9.17) is 4.74 Å². The number of rotatable bonds is 3. The van der Waals surface area contributed by atoms with Crippen molar-refractivity contribution in [1.29, 1.82) is 0 Å². The molecule has 3 heteroatoms. The van der Waals surface area contributed by atoms with Crippen molar-refractivity contribution in [1.82, 2.24) is 0 Å². The molecule has 0 radical (unpaired) electrons. The van der Waals surface area contributed by atoms with Crippen molar-refractivity contribution in [2.75, 3.05) is 0 Å². The minimum absolute atomic E-state index is 0.0564. The summed E-state index contributed by atoms with van der Waals surface area (Å²) in [7, 11) is 0. The lowest BCUT2D eigenvalue weighted by Crippen LogP contribution is -2.27. The Morgan fingerprint density at radius 1 is 1.67 bits per heavy atom. The zero-order chi connectivity index (χ0) is 9.19. The second-order valence-electron chi connectivity index (χ2n) is 3.29. The Labute approximate surface area is 72.0 Å². The SMILES string of the molecule is CCCC[C@]1(C)OC(=O)C=C1O. The van der Waals surface area contributed by atoms with Gasteiger partial charge in [0, 0.05) is 0 Å². The van der Waals surface area contributed by atoms with Gasteiger partial charge >= 0.3 is 5.97 Å². The van der Waals surface area contributed by atoms with Crippen LogP contribution in [0, 0.1) is 0 Å². The van der Waals surface area contributed by atoms with Gasteiger partial charge in [-0.15, -0.1) is 0 Å². The maximum Gasteiger partial charge on any atom is 0.335 e. The van der Waals surface area contributed by atoms with Gasteiger partial charge in [0.2, 0.25) is 0 Å². The molecule has 0 aromatic heterocycles. The fourth-order valence-corrected chi connectivity index (χ4v) is 1.26. The van der Waals surface area contributed by atoms with E-state index in [0.717, 1.165) is 18.9 Å². The van der Waals surface area contributed by atoms with Gasteiger partial charge in [0.15, 0.2) is 5.60 Å². The number of aliphatic hydroxyl groups is 1.